The number of rotatable bonds is 8. The van der Waals surface area contributed by atoms with Crippen molar-refractivity contribution in [2.24, 2.45) is 0 Å². The molecule has 0 aliphatic carbocycles. The molecule has 0 amide bonds. The van der Waals surface area contributed by atoms with Crippen LogP contribution in [0.5, 0.6) is 0 Å². The minimum atomic E-state index is -0.0694. The van der Waals surface area contributed by atoms with E-state index in [1.807, 2.05) is 4.90 Å². The maximum Gasteiger partial charge on any atom is 0.250 e. The first kappa shape index (κ1) is 14.7. The molecule has 0 unspecified atom stereocenters. The van der Waals surface area contributed by atoms with Gasteiger partial charge in [-0.1, -0.05) is 0 Å². The molecule has 0 aliphatic rings. The number of aliphatic hydroxyl groups is 2. The second kappa shape index (κ2) is 7.86. The summed E-state index contributed by atoms with van der Waals surface area (Å²) in [6.45, 7) is 2.51. The van der Waals surface area contributed by atoms with E-state index in [0.29, 0.717) is 25.3 Å². The summed E-state index contributed by atoms with van der Waals surface area (Å²) in [5.74, 6) is 0. The van der Waals surface area contributed by atoms with Gasteiger partial charge in [0, 0.05) is 44.1 Å². The van der Waals surface area contributed by atoms with Gasteiger partial charge < -0.3 is 20.5 Å². The number of anilines is 1. The van der Waals surface area contributed by atoms with Crippen molar-refractivity contribution in [3.63, 3.8) is 0 Å². The Kier molecular flexibility index (Phi) is 6.42. The summed E-state index contributed by atoms with van der Waals surface area (Å²) in [5, 5.41) is 17.7. The summed E-state index contributed by atoms with van der Waals surface area (Å²) >= 11 is 0. The van der Waals surface area contributed by atoms with Gasteiger partial charge in [0.25, 0.3) is 5.56 Å². The summed E-state index contributed by atoms with van der Waals surface area (Å²) < 4.78 is 1.57. The fraction of sp³-hybridized carbons (Fsp3) is 0.583. The Balaban J connectivity index is 2.44. The molecule has 6 heteroatoms. The highest BCUT2D eigenvalue weighted by Gasteiger charge is 2.03. The van der Waals surface area contributed by atoms with Gasteiger partial charge in [0.15, 0.2) is 0 Å². The van der Waals surface area contributed by atoms with Crippen molar-refractivity contribution >= 4 is 5.69 Å². The highest BCUT2D eigenvalue weighted by Crippen LogP contribution is 1.98. The highest BCUT2D eigenvalue weighted by atomic mass is 16.3. The first-order valence-electron chi connectivity index (χ1n) is 6.07. The molecule has 1 aromatic heterocycles. The average Bonchev–Trinajstić information content (AvgIpc) is 2.34. The van der Waals surface area contributed by atoms with Gasteiger partial charge in [-0.15, -0.1) is 0 Å². The first-order chi connectivity index (χ1) is 8.67. The number of nitrogen functional groups attached to an aromatic ring is 1. The average molecular weight is 255 g/mol. The van der Waals surface area contributed by atoms with Crippen LogP contribution in [-0.2, 0) is 6.54 Å². The lowest BCUT2D eigenvalue weighted by Crippen LogP contribution is -2.32. The van der Waals surface area contributed by atoms with E-state index in [4.69, 9.17) is 15.9 Å². The Labute approximate surface area is 106 Å². The van der Waals surface area contributed by atoms with Crippen LogP contribution in [0.4, 0.5) is 5.69 Å². The van der Waals surface area contributed by atoms with Crippen molar-refractivity contribution in [2.45, 2.75) is 13.0 Å². The lowest BCUT2D eigenvalue weighted by molar-refractivity contribution is 0.158. The van der Waals surface area contributed by atoms with E-state index in [-0.39, 0.29) is 18.8 Å². The monoisotopic (exact) mass is 255 g/mol. The van der Waals surface area contributed by atoms with Crippen molar-refractivity contribution < 1.29 is 10.2 Å². The number of nitrogens with two attached hydrogens (primary N) is 1. The standard InChI is InChI=1S/C12H21N3O3/c13-11-2-3-12(18)15(10-11)5-1-4-14(6-8-16)7-9-17/h2-3,10,16-17H,1,4-9,13H2. The number of hydrogen-bond acceptors (Lipinski definition) is 5. The number of aromatic nitrogens is 1. The number of nitrogens with zero attached hydrogens (tertiary/aromatic N) is 2. The molecule has 1 aromatic rings. The van der Waals surface area contributed by atoms with Gasteiger partial charge in [-0.3, -0.25) is 9.69 Å². The molecular weight excluding hydrogens is 234 g/mol. The zero-order valence-corrected chi connectivity index (χ0v) is 10.5. The van der Waals surface area contributed by atoms with E-state index >= 15 is 0 Å². The zero-order chi connectivity index (χ0) is 13.4. The largest absolute Gasteiger partial charge is 0.398 e. The third-order valence-electron chi connectivity index (χ3n) is 2.71. The van der Waals surface area contributed by atoms with Crippen molar-refractivity contribution in [1.29, 1.82) is 0 Å². The summed E-state index contributed by atoms with van der Waals surface area (Å²) in [6, 6.07) is 3.04. The van der Waals surface area contributed by atoms with Crippen LogP contribution in [-0.4, -0.2) is 52.5 Å². The van der Waals surface area contributed by atoms with Crippen molar-refractivity contribution in [1.82, 2.24) is 9.47 Å². The van der Waals surface area contributed by atoms with Gasteiger partial charge in [-0.25, -0.2) is 0 Å². The fourth-order valence-electron chi connectivity index (χ4n) is 1.81. The second-order valence-electron chi connectivity index (χ2n) is 4.14. The van der Waals surface area contributed by atoms with Crippen LogP contribution < -0.4 is 11.3 Å². The van der Waals surface area contributed by atoms with E-state index in [2.05, 4.69) is 0 Å². The van der Waals surface area contributed by atoms with Crippen LogP contribution in [0.2, 0.25) is 0 Å². The Bertz CT molecular complexity index is 400. The quantitative estimate of drug-likeness (QED) is 0.560. The number of aryl methyl sites for hydroxylation is 1. The summed E-state index contributed by atoms with van der Waals surface area (Å²) in [5.41, 5.74) is 6.12. The van der Waals surface area contributed by atoms with Gasteiger partial charge in [-0.2, -0.15) is 0 Å². The topological polar surface area (TPSA) is 91.7 Å². The Hall–Kier alpha value is -1.37. The summed E-state index contributed by atoms with van der Waals surface area (Å²) in [6.07, 6.45) is 2.40. The normalized spacial score (nSPS) is 11.1. The second-order valence-corrected chi connectivity index (χ2v) is 4.14. The van der Waals surface area contributed by atoms with E-state index in [9.17, 15) is 4.79 Å². The lowest BCUT2D eigenvalue weighted by Gasteiger charge is -2.20. The number of aliphatic hydroxyl groups excluding tert-OH is 2. The molecule has 4 N–H and O–H groups in total. The van der Waals surface area contributed by atoms with Crippen LogP contribution >= 0.6 is 0 Å². The lowest BCUT2D eigenvalue weighted by atomic mass is 10.3. The van der Waals surface area contributed by atoms with Crippen LogP contribution in [0, 0.1) is 0 Å². The molecule has 102 valence electrons. The molecule has 0 spiro atoms. The first-order valence-corrected chi connectivity index (χ1v) is 6.07. The SMILES string of the molecule is Nc1ccc(=O)n(CCCN(CCO)CCO)c1. The van der Waals surface area contributed by atoms with Gasteiger partial charge in [0.1, 0.15) is 0 Å². The van der Waals surface area contributed by atoms with Gasteiger partial charge in [0.05, 0.1) is 13.2 Å². The van der Waals surface area contributed by atoms with Crippen molar-refractivity contribution in [2.75, 3.05) is 38.6 Å². The van der Waals surface area contributed by atoms with Crippen molar-refractivity contribution in [3.05, 3.63) is 28.7 Å². The van der Waals surface area contributed by atoms with Gasteiger partial charge in [0.2, 0.25) is 0 Å². The Morgan fingerprint density at radius 2 is 1.83 bits per heavy atom. The molecule has 1 rings (SSSR count). The maximum absolute atomic E-state index is 11.5. The van der Waals surface area contributed by atoms with Crippen LogP contribution in [0.25, 0.3) is 0 Å². The molecule has 0 aromatic carbocycles. The van der Waals surface area contributed by atoms with Gasteiger partial charge >= 0.3 is 0 Å². The maximum atomic E-state index is 11.5. The minimum absolute atomic E-state index is 0.0677. The van der Waals surface area contributed by atoms with E-state index < -0.39 is 0 Å². The highest BCUT2D eigenvalue weighted by molar-refractivity contribution is 5.33. The van der Waals surface area contributed by atoms with Crippen molar-refractivity contribution in [3.8, 4) is 0 Å². The zero-order valence-electron chi connectivity index (χ0n) is 10.5. The third kappa shape index (κ3) is 4.87. The fourth-order valence-corrected chi connectivity index (χ4v) is 1.81. The smallest absolute Gasteiger partial charge is 0.250 e. The summed E-state index contributed by atoms with van der Waals surface area (Å²) in [4.78, 5) is 13.5. The number of pyridine rings is 1. The Morgan fingerprint density at radius 3 is 2.44 bits per heavy atom. The van der Waals surface area contributed by atoms with E-state index in [0.717, 1.165) is 13.0 Å². The molecule has 0 aliphatic heterocycles. The van der Waals surface area contributed by atoms with Crippen LogP contribution in [0.3, 0.4) is 0 Å². The molecule has 0 radical (unpaired) electrons. The predicted octanol–water partition coefficient (Wildman–Crippen LogP) is -0.893. The molecule has 0 fully saturated rings. The molecule has 0 atom stereocenters. The van der Waals surface area contributed by atoms with Crippen LogP contribution in [0.15, 0.2) is 23.1 Å². The van der Waals surface area contributed by atoms with E-state index in [1.54, 1.807) is 16.8 Å². The molecule has 18 heavy (non-hydrogen) atoms. The molecule has 0 bridgehead atoms. The minimum Gasteiger partial charge on any atom is -0.398 e. The molecule has 1 heterocycles. The van der Waals surface area contributed by atoms with Gasteiger partial charge in [-0.05, 0) is 12.5 Å². The Morgan fingerprint density at radius 1 is 1.17 bits per heavy atom. The predicted molar refractivity (Wildman–Crippen MR) is 70.3 cm³/mol. The summed E-state index contributed by atoms with van der Waals surface area (Å²) in [7, 11) is 0. The van der Waals surface area contributed by atoms with E-state index in [1.165, 1.54) is 6.07 Å². The number of hydrogen-bond donors (Lipinski definition) is 3. The molecular formula is C12H21N3O3. The molecule has 6 nitrogen and oxygen atoms in total. The third-order valence-corrected chi connectivity index (χ3v) is 2.71. The van der Waals surface area contributed by atoms with Crippen LogP contribution in [0.1, 0.15) is 6.42 Å². The molecule has 0 saturated carbocycles. The molecule has 0 saturated heterocycles.